The summed E-state index contributed by atoms with van der Waals surface area (Å²) in [4.78, 5) is 35.2. The van der Waals surface area contributed by atoms with Crippen LogP contribution in [0.15, 0.2) is 34.2 Å². The van der Waals surface area contributed by atoms with Crippen LogP contribution in [0.5, 0.6) is 5.75 Å². The van der Waals surface area contributed by atoms with Crippen molar-refractivity contribution < 1.29 is 14.3 Å². The highest BCUT2D eigenvalue weighted by molar-refractivity contribution is 7.99. The molecule has 0 aliphatic carbocycles. The van der Waals surface area contributed by atoms with Gasteiger partial charge < -0.3 is 14.4 Å². The number of hydrogen-bond acceptors (Lipinski definition) is 7. The van der Waals surface area contributed by atoms with Crippen molar-refractivity contribution in [2.45, 2.75) is 51.5 Å². The highest BCUT2D eigenvalue weighted by atomic mass is 32.2. The van der Waals surface area contributed by atoms with E-state index in [2.05, 4.69) is 6.92 Å². The molecule has 33 heavy (non-hydrogen) atoms. The highest BCUT2D eigenvalue weighted by Crippen LogP contribution is 2.31. The van der Waals surface area contributed by atoms with Gasteiger partial charge in [0.05, 0.1) is 36.1 Å². The number of aromatic nitrogens is 2. The van der Waals surface area contributed by atoms with Crippen LogP contribution >= 0.6 is 23.1 Å². The minimum Gasteiger partial charge on any atom is -0.497 e. The summed E-state index contributed by atoms with van der Waals surface area (Å²) in [7, 11) is 1.60. The van der Waals surface area contributed by atoms with E-state index in [1.807, 2.05) is 49.9 Å². The highest BCUT2D eigenvalue weighted by Gasteiger charge is 2.27. The lowest BCUT2D eigenvalue weighted by atomic mass is 10.2. The average molecular weight is 488 g/mol. The van der Waals surface area contributed by atoms with Gasteiger partial charge in [-0.2, -0.15) is 0 Å². The third-order valence-corrected chi connectivity index (χ3v) is 8.02. The van der Waals surface area contributed by atoms with Gasteiger partial charge in [0.2, 0.25) is 5.91 Å². The number of ether oxygens (including phenoxy) is 2. The fourth-order valence-electron chi connectivity index (χ4n) is 4.22. The molecule has 3 heterocycles. The molecule has 1 aromatic carbocycles. The maximum Gasteiger partial charge on any atom is 0.267 e. The van der Waals surface area contributed by atoms with Crippen LogP contribution in [-0.2, 0) is 16.0 Å². The summed E-state index contributed by atoms with van der Waals surface area (Å²) < 4.78 is 12.7. The number of carbonyl (C=O) groups is 1. The van der Waals surface area contributed by atoms with Gasteiger partial charge in [-0.25, -0.2) is 4.98 Å². The van der Waals surface area contributed by atoms with E-state index in [0.29, 0.717) is 35.1 Å². The molecule has 4 rings (SSSR count). The number of fused-ring (bicyclic) bond motifs is 1. The maximum absolute atomic E-state index is 13.7. The van der Waals surface area contributed by atoms with Gasteiger partial charge in [0, 0.05) is 24.0 Å². The minimum atomic E-state index is -0.120. The first-order chi connectivity index (χ1) is 15.8. The van der Waals surface area contributed by atoms with E-state index in [1.165, 1.54) is 11.8 Å². The molecule has 2 aromatic heterocycles. The molecule has 9 heteroatoms. The van der Waals surface area contributed by atoms with E-state index in [-0.39, 0.29) is 29.4 Å². The Balaban J connectivity index is 1.74. The average Bonchev–Trinajstić information content (AvgIpc) is 3.12. The maximum atomic E-state index is 13.7. The number of thiophene rings is 1. The summed E-state index contributed by atoms with van der Waals surface area (Å²) in [5, 5.41) is 1.15. The molecular weight excluding hydrogens is 458 g/mol. The second-order valence-electron chi connectivity index (χ2n) is 8.27. The molecule has 1 fully saturated rings. The lowest BCUT2D eigenvalue weighted by Crippen LogP contribution is -2.48. The largest absolute Gasteiger partial charge is 0.497 e. The van der Waals surface area contributed by atoms with Gasteiger partial charge >= 0.3 is 0 Å². The molecule has 1 saturated heterocycles. The second-order valence-corrected chi connectivity index (χ2v) is 10.3. The molecule has 2 atom stereocenters. The van der Waals surface area contributed by atoms with Crippen LogP contribution in [0.2, 0.25) is 0 Å². The van der Waals surface area contributed by atoms with Crippen LogP contribution in [0, 0.1) is 6.92 Å². The number of thioether (sulfide) groups is 1. The van der Waals surface area contributed by atoms with E-state index in [0.717, 1.165) is 21.7 Å². The summed E-state index contributed by atoms with van der Waals surface area (Å²) in [6.07, 6.45) is 0.863. The number of hydrogen-bond donors (Lipinski definition) is 0. The standard InChI is InChI=1S/C24H29N3O4S2/c1-6-19-16(4)21-22(33-19)25-24(27(23(21)29)17-8-7-9-18(10-17)30-5)32-13-20(28)26-11-14(2)31-15(3)12-26/h7-10,14-15H,6,11-13H2,1-5H3/t14-,15-/m0/s1. The van der Waals surface area contributed by atoms with Crippen molar-refractivity contribution in [2.24, 2.45) is 0 Å². The second kappa shape index (κ2) is 9.87. The Morgan fingerprint density at radius 1 is 1.30 bits per heavy atom. The number of nitrogens with zero attached hydrogens (tertiary/aromatic N) is 3. The molecule has 1 aliphatic heterocycles. The number of rotatable bonds is 6. The van der Waals surface area contributed by atoms with Crippen molar-refractivity contribution in [1.29, 1.82) is 0 Å². The van der Waals surface area contributed by atoms with Crippen LogP contribution in [0.4, 0.5) is 0 Å². The summed E-state index contributed by atoms with van der Waals surface area (Å²) in [6, 6.07) is 7.35. The summed E-state index contributed by atoms with van der Waals surface area (Å²) in [5.41, 5.74) is 1.53. The molecule has 0 radical (unpaired) electrons. The van der Waals surface area contributed by atoms with Crippen molar-refractivity contribution in [3.05, 3.63) is 45.1 Å². The lowest BCUT2D eigenvalue weighted by Gasteiger charge is -2.35. The van der Waals surface area contributed by atoms with Gasteiger partial charge in [-0.3, -0.25) is 14.2 Å². The van der Waals surface area contributed by atoms with Crippen LogP contribution < -0.4 is 10.3 Å². The number of aryl methyl sites for hydroxylation is 2. The summed E-state index contributed by atoms with van der Waals surface area (Å²) in [5.74, 6) is 0.871. The Bertz CT molecular complexity index is 1230. The molecule has 0 bridgehead atoms. The van der Waals surface area contributed by atoms with Gasteiger partial charge in [0.25, 0.3) is 5.56 Å². The number of carbonyl (C=O) groups excluding carboxylic acids is 1. The fourth-order valence-corrected chi connectivity index (χ4v) is 6.29. The Morgan fingerprint density at radius 2 is 2.03 bits per heavy atom. The van der Waals surface area contributed by atoms with Gasteiger partial charge in [0.1, 0.15) is 10.6 Å². The molecule has 176 valence electrons. The van der Waals surface area contributed by atoms with Crippen molar-refractivity contribution in [3.8, 4) is 11.4 Å². The third-order valence-electron chi connectivity index (χ3n) is 5.76. The zero-order chi connectivity index (χ0) is 23.7. The number of amides is 1. The van der Waals surface area contributed by atoms with E-state index in [4.69, 9.17) is 14.5 Å². The van der Waals surface area contributed by atoms with Gasteiger partial charge in [-0.05, 0) is 44.9 Å². The molecular formula is C24H29N3O4S2. The number of methoxy groups -OCH3 is 1. The molecule has 1 amide bonds. The van der Waals surface area contributed by atoms with Crippen LogP contribution in [0.25, 0.3) is 15.9 Å². The number of benzene rings is 1. The Morgan fingerprint density at radius 3 is 2.70 bits per heavy atom. The third kappa shape index (κ3) is 4.81. The monoisotopic (exact) mass is 487 g/mol. The quantitative estimate of drug-likeness (QED) is 0.386. The SMILES string of the molecule is CCc1sc2nc(SCC(=O)N3C[C@H](C)O[C@@H](C)C3)n(-c3cccc(OC)c3)c(=O)c2c1C. The first kappa shape index (κ1) is 23.8. The van der Waals surface area contributed by atoms with Crippen LogP contribution in [-0.4, -0.2) is 58.5 Å². The predicted octanol–water partition coefficient (Wildman–Crippen LogP) is 4.05. The molecule has 3 aromatic rings. The smallest absolute Gasteiger partial charge is 0.267 e. The normalized spacial score (nSPS) is 18.6. The zero-order valence-electron chi connectivity index (χ0n) is 19.6. The van der Waals surface area contributed by atoms with Gasteiger partial charge in [-0.15, -0.1) is 11.3 Å². The summed E-state index contributed by atoms with van der Waals surface area (Å²) in [6.45, 7) is 9.16. The van der Waals surface area contributed by atoms with Crippen molar-refractivity contribution in [3.63, 3.8) is 0 Å². The van der Waals surface area contributed by atoms with Crippen molar-refractivity contribution in [1.82, 2.24) is 14.5 Å². The molecule has 0 unspecified atom stereocenters. The first-order valence-electron chi connectivity index (χ1n) is 11.1. The van der Waals surface area contributed by atoms with E-state index in [9.17, 15) is 9.59 Å². The van der Waals surface area contributed by atoms with E-state index >= 15 is 0 Å². The van der Waals surface area contributed by atoms with Crippen LogP contribution in [0.1, 0.15) is 31.2 Å². The molecule has 0 N–H and O–H groups in total. The van der Waals surface area contributed by atoms with Crippen molar-refractivity contribution in [2.75, 3.05) is 26.0 Å². The fraction of sp³-hybridized carbons (Fsp3) is 0.458. The summed E-state index contributed by atoms with van der Waals surface area (Å²) >= 11 is 2.85. The Labute approximate surface area is 201 Å². The predicted molar refractivity (Wildman–Crippen MR) is 133 cm³/mol. The molecule has 0 saturated carbocycles. The molecule has 0 spiro atoms. The van der Waals surface area contributed by atoms with E-state index < -0.39 is 0 Å². The van der Waals surface area contributed by atoms with Gasteiger partial charge in [-0.1, -0.05) is 24.8 Å². The van der Waals surface area contributed by atoms with E-state index in [1.54, 1.807) is 23.0 Å². The van der Waals surface area contributed by atoms with Crippen molar-refractivity contribution >= 4 is 39.2 Å². The first-order valence-corrected chi connectivity index (χ1v) is 12.9. The molecule has 7 nitrogen and oxygen atoms in total. The van der Waals surface area contributed by atoms with Gasteiger partial charge in [0.15, 0.2) is 5.16 Å². The van der Waals surface area contributed by atoms with Crippen LogP contribution in [0.3, 0.4) is 0 Å². The topological polar surface area (TPSA) is 73.7 Å². The zero-order valence-corrected chi connectivity index (χ0v) is 21.2. The lowest BCUT2D eigenvalue weighted by molar-refractivity contribution is -0.140. The Hall–Kier alpha value is -2.36. The Kier molecular flexibility index (Phi) is 7.11. The molecule has 1 aliphatic rings. The number of morpholine rings is 1. The minimum absolute atomic E-state index is 0.00805.